The molecule has 192 valence electrons. The lowest BCUT2D eigenvalue weighted by atomic mass is 9.94. The van der Waals surface area contributed by atoms with Gasteiger partial charge in [0.15, 0.2) is 0 Å². The average molecular weight is 600 g/mol. The summed E-state index contributed by atoms with van der Waals surface area (Å²) >= 11 is 10.8. The number of thiophene rings is 1. The molecule has 0 aromatic carbocycles. The minimum absolute atomic E-state index is 0.172. The van der Waals surface area contributed by atoms with Crippen LogP contribution in [-0.2, 0) is 32.2 Å². The van der Waals surface area contributed by atoms with Gasteiger partial charge in [-0.05, 0) is 41.9 Å². The molecule has 0 unspecified atom stereocenters. The first-order chi connectivity index (χ1) is 17.0. The first-order valence-electron chi connectivity index (χ1n) is 10.6. The smallest absolute Gasteiger partial charge is 0.376 e. The van der Waals surface area contributed by atoms with Crippen LogP contribution in [0.3, 0.4) is 0 Å². The quantitative estimate of drug-likeness (QED) is 0.276. The molecule has 3 rings (SSSR count). The molecule has 0 atom stereocenters. The minimum atomic E-state index is -1.05. The number of pyridine rings is 1. The van der Waals surface area contributed by atoms with E-state index in [0.717, 1.165) is 16.6 Å². The van der Waals surface area contributed by atoms with Gasteiger partial charge in [-0.1, -0.05) is 11.6 Å². The zero-order chi connectivity index (χ0) is 26.6. The number of ketones is 1. The van der Waals surface area contributed by atoms with Crippen molar-refractivity contribution in [2.45, 2.75) is 26.9 Å². The number of aromatic nitrogens is 3. The van der Waals surface area contributed by atoms with Crippen LogP contribution in [0, 0.1) is 5.41 Å². The number of halogens is 2. The molecule has 3 aromatic heterocycles. The Hall–Kier alpha value is -2.80. The van der Waals surface area contributed by atoms with Gasteiger partial charge in [-0.25, -0.2) is 4.79 Å². The van der Waals surface area contributed by atoms with Crippen molar-refractivity contribution in [3.05, 3.63) is 54.5 Å². The highest BCUT2D eigenvalue weighted by molar-refractivity contribution is 9.10. The maximum absolute atomic E-state index is 13.4. The summed E-state index contributed by atoms with van der Waals surface area (Å²) in [6, 6.07) is 6.58. The van der Waals surface area contributed by atoms with Crippen molar-refractivity contribution in [1.29, 1.82) is 0 Å². The standard InChI is InChI=1S/C23H24BrClN4O6S/c1-23(2,12-34-3)22(33)29-19(26-9-13-5-6-18(25)36-13)8-16(27-29)14-10-28(20(31)7-15(14)24)11-17(30)21(32)35-4/h5-8,10,26H,9,11-12H2,1-4H3. The molecule has 3 heterocycles. The number of anilines is 1. The van der Waals surface area contributed by atoms with Crippen LogP contribution in [0.1, 0.15) is 23.5 Å². The van der Waals surface area contributed by atoms with Gasteiger partial charge in [0.25, 0.3) is 17.2 Å². The van der Waals surface area contributed by atoms with Crippen LogP contribution in [-0.4, -0.2) is 52.8 Å². The van der Waals surface area contributed by atoms with E-state index >= 15 is 0 Å². The minimum Gasteiger partial charge on any atom is -0.463 e. The van der Waals surface area contributed by atoms with Gasteiger partial charge in [-0.3, -0.25) is 14.4 Å². The Labute approximate surface area is 224 Å². The Bertz CT molecular complexity index is 1360. The van der Waals surface area contributed by atoms with E-state index in [1.54, 1.807) is 26.0 Å². The lowest BCUT2D eigenvalue weighted by Crippen LogP contribution is -2.35. The fourth-order valence-electron chi connectivity index (χ4n) is 3.32. The lowest BCUT2D eigenvalue weighted by molar-refractivity contribution is -0.151. The normalized spacial score (nSPS) is 11.4. The van der Waals surface area contributed by atoms with Gasteiger partial charge in [-0.2, -0.15) is 9.78 Å². The number of carbonyl (C=O) groups excluding carboxylic acids is 3. The Morgan fingerprint density at radius 3 is 2.56 bits per heavy atom. The highest BCUT2D eigenvalue weighted by Crippen LogP contribution is 2.31. The number of esters is 1. The van der Waals surface area contributed by atoms with Crippen molar-refractivity contribution in [3.8, 4) is 11.3 Å². The van der Waals surface area contributed by atoms with Crippen LogP contribution in [0.15, 0.2) is 39.7 Å². The SMILES string of the molecule is COCC(C)(C)C(=O)n1nc(-c2cn(CC(=O)C(=O)OC)c(=O)cc2Br)cc1NCc1ccc(Cl)s1. The molecule has 36 heavy (non-hydrogen) atoms. The van der Waals surface area contributed by atoms with E-state index in [9.17, 15) is 19.2 Å². The molecule has 0 radical (unpaired) electrons. The zero-order valence-electron chi connectivity index (χ0n) is 20.0. The number of methoxy groups -OCH3 is 2. The topological polar surface area (TPSA) is 122 Å². The van der Waals surface area contributed by atoms with Crippen molar-refractivity contribution >= 4 is 62.3 Å². The number of ether oxygens (including phenoxy) is 2. The summed E-state index contributed by atoms with van der Waals surface area (Å²) in [5.41, 5.74) is -0.600. The monoisotopic (exact) mass is 598 g/mol. The van der Waals surface area contributed by atoms with Crippen LogP contribution in [0.4, 0.5) is 5.82 Å². The third-order valence-electron chi connectivity index (χ3n) is 5.14. The van der Waals surface area contributed by atoms with E-state index in [2.05, 4.69) is 31.1 Å². The first-order valence-corrected chi connectivity index (χ1v) is 12.6. The molecule has 0 amide bonds. The Kier molecular flexibility index (Phi) is 8.88. The maximum atomic E-state index is 13.4. The number of Topliss-reactive ketones (excluding diaryl/α,β-unsaturated/α-hetero) is 1. The highest BCUT2D eigenvalue weighted by atomic mass is 79.9. The van der Waals surface area contributed by atoms with Crippen molar-refractivity contribution in [3.63, 3.8) is 0 Å². The van der Waals surface area contributed by atoms with E-state index in [0.29, 0.717) is 32.4 Å². The molecule has 13 heteroatoms. The fraction of sp³-hybridized carbons (Fsp3) is 0.348. The van der Waals surface area contributed by atoms with E-state index in [4.69, 9.17) is 16.3 Å². The third kappa shape index (κ3) is 6.30. The number of nitrogens with one attached hydrogen (secondary N) is 1. The van der Waals surface area contributed by atoms with Crippen LogP contribution in [0.2, 0.25) is 4.34 Å². The second-order valence-electron chi connectivity index (χ2n) is 8.42. The van der Waals surface area contributed by atoms with Gasteiger partial charge in [-0.15, -0.1) is 11.3 Å². The number of carbonyl (C=O) groups is 3. The maximum Gasteiger partial charge on any atom is 0.376 e. The van der Waals surface area contributed by atoms with Crippen LogP contribution in [0.5, 0.6) is 0 Å². The number of hydrogen-bond acceptors (Lipinski definition) is 9. The molecule has 0 aliphatic rings. The van der Waals surface area contributed by atoms with Gasteiger partial charge < -0.3 is 19.4 Å². The molecular formula is C23H24BrClN4O6S. The van der Waals surface area contributed by atoms with E-state index in [-0.39, 0.29) is 12.5 Å². The first kappa shape index (κ1) is 27.8. The third-order valence-corrected chi connectivity index (χ3v) is 7.02. The predicted molar refractivity (Wildman–Crippen MR) is 140 cm³/mol. The van der Waals surface area contributed by atoms with Gasteiger partial charge >= 0.3 is 5.97 Å². The van der Waals surface area contributed by atoms with Crippen molar-refractivity contribution in [1.82, 2.24) is 14.3 Å². The van der Waals surface area contributed by atoms with E-state index < -0.39 is 29.3 Å². The van der Waals surface area contributed by atoms with E-state index in [1.807, 2.05) is 6.07 Å². The van der Waals surface area contributed by atoms with Gasteiger partial charge in [0, 0.05) is 40.4 Å². The molecule has 0 fully saturated rings. The summed E-state index contributed by atoms with van der Waals surface area (Å²) in [6.45, 7) is 3.56. The number of hydrogen-bond donors (Lipinski definition) is 1. The van der Waals surface area contributed by atoms with Crippen LogP contribution >= 0.6 is 38.9 Å². The molecule has 0 aliphatic heterocycles. The van der Waals surface area contributed by atoms with Crippen LogP contribution in [0.25, 0.3) is 11.3 Å². The summed E-state index contributed by atoms with van der Waals surface area (Å²) in [4.78, 5) is 50.3. The molecule has 0 bridgehead atoms. The molecule has 0 saturated heterocycles. The lowest BCUT2D eigenvalue weighted by Gasteiger charge is -2.22. The summed E-state index contributed by atoms with van der Waals surface area (Å²) in [5.74, 6) is -1.83. The molecule has 10 nitrogen and oxygen atoms in total. The Morgan fingerprint density at radius 1 is 1.22 bits per heavy atom. The Morgan fingerprint density at radius 2 is 1.94 bits per heavy atom. The predicted octanol–water partition coefficient (Wildman–Crippen LogP) is 3.86. The molecule has 0 aliphatic carbocycles. The number of rotatable bonds is 10. The zero-order valence-corrected chi connectivity index (χ0v) is 23.1. The Balaban J connectivity index is 2.04. The van der Waals surface area contributed by atoms with Crippen LogP contribution < -0.4 is 10.9 Å². The summed E-state index contributed by atoms with van der Waals surface area (Å²) in [6.07, 6.45) is 1.40. The molecular weight excluding hydrogens is 576 g/mol. The summed E-state index contributed by atoms with van der Waals surface area (Å²) in [5, 5.41) is 7.73. The van der Waals surface area contributed by atoms with Crippen molar-refractivity contribution in [2.75, 3.05) is 26.1 Å². The van der Waals surface area contributed by atoms with Gasteiger partial charge in [0.2, 0.25) is 0 Å². The largest absolute Gasteiger partial charge is 0.463 e. The van der Waals surface area contributed by atoms with E-state index in [1.165, 1.54) is 35.4 Å². The molecule has 1 N–H and O–H groups in total. The molecule has 3 aromatic rings. The van der Waals surface area contributed by atoms with Gasteiger partial charge in [0.05, 0.1) is 42.3 Å². The molecule has 0 spiro atoms. The van der Waals surface area contributed by atoms with Crippen molar-refractivity contribution < 1.29 is 23.9 Å². The summed E-state index contributed by atoms with van der Waals surface area (Å²) < 4.78 is 13.0. The second-order valence-corrected chi connectivity index (χ2v) is 11.1. The van der Waals surface area contributed by atoms with Gasteiger partial charge in [0.1, 0.15) is 5.82 Å². The second kappa shape index (κ2) is 11.5. The fourth-order valence-corrected chi connectivity index (χ4v) is 4.85. The molecule has 0 saturated carbocycles. The average Bonchev–Trinajstić information content (AvgIpc) is 3.44. The highest BCUT2D eigenvalue weighted by Gasteiger charge is 2.32. The summed E-state index contributed by atoms with van der Waals surface area (Å²) in [7, 11) is 2.60. The number of nitrogens with zero attached hydrogens (tertiary/aromatic N) is 3. The van der Waals surface area contributed by atoms with Crippen molar-refractivity contribution in [2.24, 2.45) is 5.41 Å².